The molecule has 1 aliphatic carbocycles. The molecular weight excluding hydrogens is 314 g/mol. The van der Waals surface area contributed by atoms with E-state index in [0.717, 1.165) is 25.7 Å². The lowest BCUT2D eigenvalue weighted by Crippen LogP contribution is -2.29. The molecule has 2 rings (SSSR count). The molecule has 1 aromatic rings. The number of carbonyl (C=O) groups excluding carboxylic acids is 2. The van der Waals surface area contributed by atoms with Gasteiger partial charge in [-0.25, -0.2) is 0 Å². The maximum absolute atomic E-state index is 12.3. The maximum atomic E-state index is 12.3. The highest BCUT2D eigenvalue weighted by Gasteiger charge is 2.25. The van der Waals surface area contributed by atoms with Crippen LogP contribution in [0.2, 0.25) is 0 Å². The van der Waals surface area contributed by atoms with Crippen molar-refractivity contribution in [3.63, 3.8) is 0 Å². The molecule has 8 nitrogen and oxygen atoms in total. The number of hydrogen-bond donors (Lipinski definition) is 2. The smallest absolute Gasteiger partial charge is 0.270 e. The molecule has 0 unspecified atom stereocenters. The Kier molecular flexibility index (Phi) is 6.25. The molecule has 0 spiro atoms. The van der Waals surface area contributed by atoms with E-state index in [9.17, 15) is 19.7 Å². The summed E-state index contributed by atoms with van der Waals surface area (Å²) < 4.78 is 4.86. The second-order valence-corrected chi connectivity index (χ2v) is 5.71. The number of nitrogens with zero attached hydrogens (tertiary/aromatic N) is 1. The Hall–Kier alpha value is -2.48. The lowest BCUT2D eigenvalue weighted by molar-refractivity contribution is -0.384. The number of amides is 2. The predicted octanol–water partition coefficient (Wildman–Crippen LogP) is 2.10. The number of nitro groups is 1. The summed E-state index contributed by atoms with van der Waals surface area (Å²) in [4.78, 5) is 34.9. The minimum absolute atomic E-state index is 0.0652. The van der Waals surface area contributed by atoms with Crippen molar-refractivity contribution in [3.05, 3.63) is 33.9 Å². The number of nitro benzene ring substituents is 1. The normalized spacial score (nSPS) is 14.4. The van der Waals surface area contributed by atoms with Gasteiger partial charge in [0.05, 0.1) is 22.8 Å². The number of nitrogens with one attached hydrogen (secondary N) is 2. The molecule has 0 aliphatic heterocycles. The number of hydrogen-bond acceptors (Lipinski definition) is 5. The van der Waals surface area contributed by atoms with Crippen molar-refractivity contribution in [2.75, 3.05) is 25.6 Å². The third-order valence-corrected chi connectivity index (χ3v) is 4.03. The zero-order valence-electron chi connectivity index (χ0n) is 13.5. The zero-order chi connectivity index (χ0) is 17.5. The van der Waals surface area contributed by atoms with Crippen LogP contribution < -0.4 is 10.6 Å². The van der Waals surface area contributed by atoms with E-state index in [1.807, 2.05) is 0 Å². The van der Waals surface area contributed by atoms with Crippen LogP contribution in [0.1, 0.15) is 36.0 Å². The van der Waals surface area contributed by atoms with Crippen LogP contribution in [0.25, 0.3) is 0 Å². The van der Waals surface area contributed by atoms with Crippen molar-refractivity contribution < 1.29 is 19.2 Å². The molecule has 0 radical (unpaired) electrons. The van der Waals surface area contributed by atoms with Gasteiger partial charge >= 0.3 is 0 Å². The van der Waals surface area contributed by atoms with Gasteiger partial charge in [-0.05, 0) is 18.9 Å². The average molecular weight is 335 g/mol. The SMILES string of the molecule is COCCNC(=O)c1cc([N+](=O)[O-])ccc1NC(=O)C1CCCC1. The second-order valence-electron chi connectivity index (χ2n) is 5.71. The Balaban J connectivity index is 2.19. The van der Waals surface area contributed by atoms with E-state index in [0.29, 0.717) is 6.61 Å². The second kappa shape index (κ2) is 8.39. The lowest BCUT2D eigenvalue weighted by Gasteiger charge is -2.14. The molecule has 1 saturated carbocycles. The van der Waals surface area contributed by atoms with Crippen LogP contribution >= 0.6 is 0 Å². The van der Waals surface area contributed by atoms with Gasteiger partial charge in [-0.1, -0.05) is 12.8 Å². The van der Waals surface area contributed by atoms with E-state index in [1.54, 1.807) is 0 Å². The molecule has 0 saturated heterocycles. The Morgan fingerprint density at radius 2 is 2.04 bits per heavy atom. The summed E-state index contributed by atoms with van der Waals surface area (Å²) in [5.74, 6) is -0.700. The first-order valence-corrected chi connectivity index (χ1v) is 7.89. The average Bonchev–Trinajstić information content (AvgIpc) is 3.09. The fourth-order valence-electron chi connectivity index (χ4n) is 2.73. The fraction of sp³-hybridized carbons (Fsp3) is 0.500. The number of anilines is 1. The molecule has 130 valence electrons. The van der Waals surface area contributed by atoms with Crippen molar-refractivity contribution in [2.45, 2.75) is 25.7 Å². The van der Waals surface area contributed by atoms with E-state index in [-0.39, 0.29) is 35.3 Å². The summed E-state index contributed by atoms with van der Waals surface area (Å²) in [6, 6.07) is 3.85. The van der Waals surface area contributed by atoms with Crippen LogP contribution in [0.4, 0.5) is 11.4 Å². The molecule has 2 N–H and O–H groups in total. The third kappa shape index (κ3) is 4.51. The number of rotatable bonds is 7. The van der Waals surface area contributed by atoms with Crippen LogP contribution in [0.5, 0.6) is 0 Å². The molecular formula is C16H21N3O5. The maximum Gasteiger partial charge on any atom is 0.270 e. The zero-order valence-corrected chi connectivity index (χ0v) is 13.5. The first kappa shape index (κ1) is 17.9. The Labute approximate surface area is 139 Å². The van der Waals surface area contributed by atoms with E-state index < -0.39 is 10.8 Å². The van der Waals surface area contributed by atoms with E-state index >= 15 is 0 Å². The van der Waals surface area contributed by atoms with Crippen LogP contribution in [-0.2, 0) is 9.53 Å². The van der Waals surface area contributed by atoms with Gasteiger partial charge in [0.25, 0.3) is 11.6 Å². The van der Waals surface area contributed by atoms with Crippen molar-refractivity contribution in [1.29, 1.82) is 0 Å². The van der Waals surface area contributed by atoms with Gasteiger partial charge in [0.15, 0.2) is 0 Å². The number of ether oxygens (including phenoxy) is 1. The first-order chi connectivity index (χ1) is 11.5. The highest BCUT2D eigenvalue weighted by Crippen LogP contribution is 2.28. The van der Waals surface area contributed by atoms with Gasteiger partial charge in [0.2, 0.25) is 5.91 Å². The van der Waals surface area contributed by atoms with Gasteiger partial charge in [-0.15, -0.1) is 0 Å². The first-order valence-electron chi connectivity index (χ1n) is 7.89. The Morgan fingerprint density at radius 3 is 2.67 bits per heavy atom. The van der Waals surface area contributed by atoms with Crippen LogP contribution in [0.3, 0.4) is 0 Å². The number of benzene rings is 1. The van der Waals surface area contributed by atoms with Crippen LogP contribution in [-0.4, -0.2) is 37.0 Å². The van der Waals surface area contributed by atoms with Gasteiger partial charge in [0, 0.05) is 31.7 Å². The van der Waals surface area contributed by atoms with Gasteiger partial charge < -0.3 is 15.4 Å². The highest BCUT2D eigenvalue weighted by molar-refractivity contribution is 6.04. The Morgan fingerprint density at radius 1 is 1.33 bits per heavy atom. The summed E-state index contributed by atoms with van der Waals surface area (Å²) >= 11 is 0. The molecule has 8 heteroatoms. The topological polar surface area (TPSA) is 111 Å². The van der Waals surface area contributed by atoms with Crippen LogP contribution in [0, 0.1) is 16.0 Å². The minimum atomic E-state index is -0.575. The largest absolute Gasteiger partial charge is 0.383 e. The molecule has 0 bridgehead atoms. The summed E-state index contributed by atoms with van der Waals surface area (Å²) in [6.45, 7) is 0.596. The fourth-order valence-corrected chi connectivity index (χ4v) is 2.73. The monoisotopic (exact) mass is 335 g/mol. The molecule has 2 amide bonds. The van der Waals surface area contributed by atoms with Gasteiger partial charge in [-0.2, -0.15) is 0 Å². The third-order valence-electron chi connectivity index (χ3n) is 4.03. The summed E-state index contributed by atoms with van der Waals surface area (Å²) in [7, 11) is 1.51. The van der Waals surface area contributed by atoms with Crippen molar-refractivity contribution in [1.82, 2.24) is 5.32 Å². The summed E-state index contributed by atoms with van der Waals surface area (Å²) in [5.41, 5.74) is 0.157. The summed E-state index contributed by atoms with van der Waals surface area (Å²) in [6.07, 6.45) is 3.69. The van der Waals surface area contributed by atoms with Crippen molar-refractivity contribution in [3.8, 4) is 0 Å². The van der Waals surface area contributed by atoms with E-state index in [2.05, 4.69) is 10.6 Å². The van der Waals surface area contributed by atoms with E-state index in [4.69, 9.17) is 4.74 Å². The number of non-ortho nitro benzene ring substituents is 1. The Bertz CT molecular complexity index is 626. The lowest BCUT2D eigenvalue weighted by atomic mass is 10.1. The van der Waals surface area contributed by atoms with E-state index in [1.165, 1.54) is 25.3 Å². The molecule has 24 heavy (non-hydrogen) atoms. The molecule has 1 aliphatic rings. The standard InChI is InChI=1S/C16H21N3O5/c1-24-9-8-17-16(21)13-10-12(19(22)23)6-7-14(13)18-15(20)11-4-2-3-5-11/h6-7,10-11H,2-5,8-9H2,1H3,(H,17,21)(H,18,20). The van der Waals surface area contributed by atoms with Gasteiger partial charge in [0.1, 0.15) is 0 Å². The molecule has 1 fully saturated rings. The summed E-state index contributed by atoms with van der Waals surface area (Å²) in [5, 5.41) is 16.3. The highest BCUT2D eigenvalue weighted by atomic mass is 16.6. The molecule has 0 aromatic heterocycles. The van der Waals surface area contributed by atoms with Crippen molar-refractivity contribution in [2.24, 2.45) is 5.92 Å². The predicted molar refractivity (Wildman–Crippen MR) is 87.9 cm³/mol. The number of carbonyl (C=O) groups is 2. The van der Waals surface area contributed by atoms with Crippen molar-refractivity contribution >= 4 is 23.2 Å². The van der Waals surface area contributed by atoms with Crippen LogP contribution in [0.15, 0.2) is 18.2 Å². The number of methoxy groups -OCH3 is 1. The molecule has 0 heterocycles. The van der Waals surface area contributed by atoms with Gasteiger partial charge in [-0.3, -0.25) is 19.7 Å². The minimum Gasteiger partial charge on any atom is -0.383 e. The quantitative estimate of drug-likeness (QED) is 0.450. The molecule has 1 aromatic carbocycles. The molecule has 0 atom stereocenters.